The van der Waals surface area contributed by atoms with E-state index in [1.54, 1.807) is 6.08 Å². The lowest BCUT2D eigenvalue weighted by atomic mass is 9.98. The highest BCUT2D eigenvalue weighted by Crippen LogP contribution is 2.26. The van der Waals surface area contributed by atoms with E-state index >= 15 is 0 Å². The molecule has 6 atom stereocenters. The summed E-state index contributed by atoms with van der Waals surface area (Å²) in [5.41, 5.74) is 0. The monoisotopic (exact) mass is 1090 g/mol. The molecule has 6 unspecified atom stereocenters. The van der Waals surface area contributed by atoms with E-state index in [0.29, 0.717) is 19.3 Å². The zero-order valence-corrected chi connectivity index (χ0v) is 48.0. The van der Waals surface area contributed by atoms with Crippen molar-refractivity contribution < 1.29 is 58.2 Å². The van der Waals surface area contributed by atoms with Crippen LogP contribution < -0.4 is 0 Å². The maximum absolute atomic E-state index is 13.1. The fourth-order valence-corrected chi connectivity index (χ4v) is 7.46. The molecule has 0 aromatic carbocycles. The van der Waals surface area contributed by atoms with Crippen molar-refractivity contribution in [3.05, 3.63) is 170 Å². The Balaban J connectivity index is 2.80. The van der Waals surface area contributed by atoms with Crippen molar-refractivity contribution in [2.75, 3.05) is 13.2 Å². The Kier molecular flexibility index (Phi) is 47.5. The van der Waals surface area contributed by atoms with Crippen LogP contribution in [-0.4, -0.2) is 89.2 Å². The number of allylic oxidation sites excluding steroid dienone is 27. The van der Waals surface area contributed by atoms with Gasteiger partial charge in [0.05, 0.1) is 13.0 Å². The van der Waals surface area contributed by atoms with Gasteiger partial charge in [-0.2, -0.15) is 0 Å². The average molecular weight is 1100 g/mol. The number of aliphatic hydroxyl groups is 2. The molecule has 0 aromatic heterocycles. The predicted molar refractivity (Wildman–Crippen MR) is 321 cm³/mol. The minimum atomic E-state index is -1.94. The molecule has 0 aromatic rings. The molecule has 1 saturated heterocycles. The summed E-state index contributed by atoms with van der Waals surface area (Å²) in [6.07, 6.45) is 66.4. The van der Waals surface area contributed by atoms with Gasteiger partial charge in [-0.25, -0.2) is 4.79 Å². The SMILES string of the molecule is CC/C=C\C/C=C\C/C=C\C/C=C\C/C=C\CCCCCC(=O)OC1C(OCC(COC(=O)C/C=C\C/C=C\C/C=C\C/C=C\C/C=C\CC)OC(=O)CCCC/C=C\C/C=C\C/C=C\C/C=C\CC)OC(C(=O)O)C(O)C1O. The highest BCUT2D eigenvalue weighted by molar-refractivity contribution is 5.74. The summed E-state index contributed by atoms with van der Waals surface area (Å²) < 4.78 is 28.2. The molecule has 12 heteroatoms. The molecule has 438 valence electrons. The van der Waals surface area contributed by atoms with Gasteiger partial charge in [-0.05, 0) is 128 Å². The molecule has 1 aliphatic heterocycles. The molecule has 1 heterocycles. The van der Waals surface area contributed by atoms with E-state index in [1.165, 1.54) is 0 Å². The van der Waals surface area contributed by atoms with Gasteiger partial charge in [-0.3, -0.25) is 14.4 Å². The lowest BCUT2D eigenvalue weighted by Crippen LogP contribution is -2.61. The van der Waals surface area contributed by atoms with Gasteiger partial charge in [-0.1, -0.05) is 197 Å². The van der Waals surface area contributed by atoms with Crippen molar-refractivity contribution in [3.8, 4) is 0 Å². The third kappa shape index (κ3) is 42.7. The molecule has 0 saturated carbocycles. The van der Waals surface area contributed by atoms with E-state index in [4.69, 9.17) is 23.7 Å². The molecular formula is C67H98O12. The van der Waals surface area contributed by atoms with E-state index in [9.17, 15) is 34.5 Å². The van der Waals surface area contributed by atoms with Crippen LogP contribution in [0.3, 0.4) is 0 Å². The fourth-order valence-electron chi connectivity index (χ4n) is 7.46. The fraction of sp³-hybridized carbons (Fsp3) is 0.522. The van der Waals surface area contributed by atoms with Crippen LogP contribution in [0.25, 0.3) is 0 Å². The second kappa shape index (κ2) is 52.8. The molecule has 0 bridgehead atoms. The summed E-state index contributed by atoms with van der Waals surface area (Å²) >= 11 is 0. The summed E-state index contributed by atoms with van der Waals surface area (Å²) in [5.74, 6) is -3.42. The summed E-state index contributed by atoms with van der Waals surface area (Å²) in [4.78, 5) is 51.1. The number of esters is 3. The van der Waals surface area contributed by atoms with Crippen LogP contribution in [0.2, 0.25) is 0 Å². The topological polar surface area (TPSA) is 175 Å². The van der Waals surface area contributed by atoms with Crippen LogP contribution in [0, 0.1) is 0 Å². The molecule has 0 amide bonds. The van der Waals surface area contributed by atoms with Gasteiger partial charge < -0.3 is 39.0 Å². The van der Waals surface area contributed by atoms with Crippen LogP contribution in [0.1, 0.15) is 175 Å². The van der Waals surface area contributed by atoms with Crippen LogP contribution in [0.5, 0.6) is 0 Å². The van der Waals surface area contributed by atoms with E-state index in [2.05, 4.69) is 167 Å². The van der Waals surface area contributed by atoms with Crippen molar-refractivity contribution in [3.63, 3.8) is 0 Å². The number of carboxylic acids is 1. The number of carboxylic acid groups (broad SMARTS) is 1. The van der Waals surface area contributed by atoms with Crippen LogP contribution >= 0.6 is 0 Å². The van der Waals surface area contributed by atoms with E-state index in [-0.39, 0.29) is 19.3 Å². The third-order valence-corrected chi connectivity index (χ3v) is 11.8. The number of carbonyl (C=O) groups is 4. The van der Waals surface area contributed by atoms with E-state index < -0.39 is 73.9 Å². The Hall–Kier alpha value is -5.92. The van der Waals surface area contributed by atoms with Crippen LogP contribution in [0.15, 0.2) is 170 Å². The van der Waals surface area contributed by atoms with Crippen molar-refractivity contribution >= 4 is 23.9 Å². The molecule has 1 rings (SSSR count). The molecule has 12 nitrogen and oxygen atoms in total. The number of hydrogen-bond donors (Lipinski definition) is 3. The highest BCUT2D eigenvalue weighted by Gasteiger charge is 2.50. The van der Waals surface area contributed by atoms with Gasteiger partial charge >= 0.3 is 23.9 Å². The number of hydrogen-bond acceptors (Lipinski definition) is 11. The second-order valence-electron chi connectivity index (χ2n) is 18.8. The summed E-state index contributed by atoms with van der Waals surface area (Å²) in [5, 5.41) is 31.5. The Labute approximate surface area is 475 Å². The Morgan fingerprint density at radius 2 is 0.797 bits per heavy atom. The molecule has 0 radical (unpaired) electrons. The smallest absolute Gasteiger partial charge is 0.335 e. The van der Waals surface area contributed by atoms with Gasteiger partial charge in [-0.15, -0.1) is 0 Å². The maximum atomic E-state index is 13.1. The summed E-state index contributed by atoms with van der Waals surface area (Å²) in [7, 11) is 0. The number of rotatable bonds is 46. The van der Waals surface area contributed by atoms with Crippen molar-refractivity contribution in [1.29, 1.82) is 0 Å². The zero-order valence-electron chi connectivity index (χ0n) is 48.0. The average Bonchev–Trinajstić information content (AvgIpc) is 3.44. The van der Waals surface area contributed by atoms with Gasteiger partial charge in [0.15, 0.2) is 24.6 Å². The molecule has 0 aliphatic carbocycles. The molecule has 3 N–H and O–H groups in total. The highest BCUT2D eigenvalue weighted by atomic mass is 16.7. The summed E-state index contributed by atoms with van der Waals surface area (Å²) in [6.45, 7) is 5.48. The van der Waals surface area contributed by atoms with Crippen molar-refractivity contribution in [1.82, 2.24) is 0 Å². The number of ether oxygens (including phenoxy) is 5. The first-order valence-corrected chi connectivity index (χ1v) is 29.1. The van der Waals surface area contributed by atoms with Gasteiger partial charge in [0.1, 0.15) is 18.8 Å². The predicted octanol–water partition coefficient (Wildman–Crippen LogP) is 15.1. The first kappa shape index (κ1) is 71.1. The number of carbonyl (C=O) groups excluding carboxylic acids is 3. The number of aliphatic carboxylic acids is 1. The molecule has 1 aliphatic rings. The molecule has 1 fully saturated rings. The minimum absolute atomic E-state index is 0.00355. The second-order valence-corrected chi connectivity index (χ2v) is 18.8. The van der Waals surface area contributed by atoms with E-state index in [0.717, 1.165) is 116 Å². The first-order chi connectivity index (χ1) is 38.6. The van der Waals surface area contributed by atoms with Gasteiger partial charge in [0, 0.05) is 12.8 Å². The molecule has 79 heavy (non-hydrogen) atoms. The first-order valence-electron chi connectivity index (χ1n) is 29.1. The Morgan fingerprint density at radius 3 is 1.22 bits per heavy atom. The Bertz CT molecular complexity index is 2020. The largest absolute Gasteiger partial charge is 0.479 e. The minimum Gasteiger partial charge on any atom is -0.479 e. The lowest BCUT2D eigenvalue weighted by Gasteiger charge is -2.40. The van der Waals surface area contributed by atoms with Gasteiger partial charge in [0.2, 0.25) is 0 Å². The van der Waals surface area contributed by atoms with Crippen molar-refractivity contribution in [2.24, 2.45) is 0 Å². The molecular weight excluding hydrogens is 997 g/mol. The van der Waals surface area contributed by atoms with Gasteiger partial charge in [0.25, 0.3) is 0 Å². The zero-order chi connectivity index (χ0) is 57.5. The normalized spacial score (nSPS) is 19.1. The Morgan fingerprint density at radius 1 is 0.430 bits per heavy atom. The maximum Gasteiger partial charge on any atom is 0.335 e. The van der Waals surface area contributed by atoms with Crippen molar-refractivity contribution in [2.45, 2.75) is 212 Å². The standard InChI is InChI=1S/C67H98O12/c1-4-7-10-13-16-19-22-25-28-29-30-31-34-37-40-43-46-49-52-55-61(70)78-65-63(72)62(71)64(66(73)74)79-67(65)76-57-58(77-60(69)54-51-48-45-42-39-36-33-27-24-21-18-15-12-9-6-3)56-75-59(68)53-50-47-44-41-38-35-32-26-23-20-17-14-11-8-5-2/h7-12,16-21,25-28,30-33,37-42,47,50,58,62-65,67,71-72H,4-6,13-15,22-24,29,34-36,43-46,48-49,51-57H2,1-3H3,(H,73,74)/b10-7-,11-8-,12-9-,19-16-,20-17-,21-18-,28-25-,31-30-,32-26-,33-27-,40-37-,41-38-,42-39-,50-47-. The van der Waals surface area contributed by atoms with E-state index in [1.807, 2.05) is 18.2 Å². The van der Waals surface area contributed by atoms with Crippen LogP contribution in [0.4, 0.5) is 0 Å². The summed E-state index contributed by atoms with van der Waals surface area (Å²) in [6, 6.07) is 0. The van der Waals surface area contributed by atoms with Crippen LogP contribution in [-0.2, 0) is 42.9 Å². The third-order valence-electron chi connectivity index (χ3n) is 11.8. The lowest BCUT2D eigenvalue weighted by molar-refractivity contribution is -0.301. The quantitative estimate of drug-likeness (QED) is 0.0228. The number of aliphatic hydroxyl groups excluding tert-OH is 2. The number of unbranched alkanes of at least 4 members (excludes halogenated alkanes) is 5. The molecule has 0 spiro atoms.